The molecule has 3 N–H and O–H groups in total. The summed E-state index contributed by atoms with van der Waals surface area (Å²) < 4.78 is 60.0. The van der Waals surface area contributed by atoms with Crippen molar-refractivity contribution >= 4 is 23.4 Å². The largest absolute Gasteiger partial charge is 0.435 e. The van der Waals surface area contributed by atoms with Gasteiger partial charge in [0.05, 0.1) is 6.42 Å². The molecule has 1 aromatic carbocycles. The van der Waals surface area contributed by atoms with Crippen LogP contribution in [0.5, 0.6) is 11.6 Å². The zero-order valence-electron chi connectivity index (χ0n) is 17.0. The van der Waals surface area contributed by atoms with Crippen molar-refractivity contribution in [1.29, 1.82) is 0 Å². The van der Waals surface area contributed by atoms with Crippen LogP contribution in [0.4, 0.5) is 23.5 Å². The number of aromatic nitrogens is 4. The maximum absolute atomic E-state index is 14.5. The first-order valence-corrected chi connectivity index (χ1v) is 9.55. The summed E-state index contributed by atoms with van der Waals surface area (Å²) in [6.45, 7) is 0. The van der Waals surface area contributed by atoms with Gasteiger partial charge in [-0.15, -0.1) is 5.10 Å². The smallest absolute Gasteiger partial charge is 0.420 e. The van der Waals surface area contributed by atoms with E-state index in [2.05, 4.69) is 20.4 Å². The Hall–Kier alpha value is -4.55. The van der Waals surface area contributed by atoms with Crippen LogP contribution >= 0.6 is 0 Å². The summed E-state index contributed by atoms with van der Waals surface area (Å²) in [5, 5.41) is 6.09. The Bertz CT molecular complexity index is 1400. The van der Waals surface area contributed by atoms with Crippen LogP contribution < -0.4 is 15.8 Å². The summed E-state index contributed by atoms with van der Waals surface area (Å²) in [5.74, 6) is -3.11. The molecule has 4 aromatic rings. The average molecular weight is 474 g/mol. The fourth-order valence-electron chi connectivity index (χ4n) is 3.04. The van der Waals surface area contributed by atoms with Crippen molar-refractivity contribution in [2.75, 3.05) is 5.32 Å². The molecule has 0 aliphatic heterocycles. The van der Waals surface area contributed by atoms with Crippen molar-refractivity contribution < 1.29 is 31.9 Å². The van der Waals surface area contributed by atoms with Crippen molar-refractivity contribution in [2.45, 2.75) is 12.6 Å². The SMILES string of the molecule is NC(=O)c1cccnc1Oc1ccc(CC(=O)Nc2nc3c(C(F)(F)F)cccn3n2)cc1F. The number of pyridine rings is 2. The number of carbonyl (C=O) groups excluding carboxylic acids is 2. The summed E-state index contributed by atoms with van der Waals surface area (Å²) in [6.07, 6.45) is -2.38. The van der Waals surface area contributed by atoms with E-state index in [0.717, 1.165) is 22.7 Å². The topological polar surface area (TPSA) is 124 Å². The van der Waals surface area contributed by atoms with Gasteiger partial charge in [-0.1, -0.05) is 6.07 Å². The lowest BCUT2D eigenvalue weighted by Gasteiger charge is -2.09. The minimum atomic E-state index is -4.65. The fraction of sp³-hybridized carbons (Fsp3) is 0.0952. The van der Waals surface area contributed by atoms with Crippen molar-refractivity contribution in [3.63, 3.8) is 0 Å². The molecule has 9 nitrogen and oxygen atoms in total. The van der Waals surface area contributed by atoms with E-state index >= 15 is 0 Å². The molecule has 3 heterocycles. The van der Waals surface area contributed by atoms with Crippen molar-refractivity contribution in [1.82, 2.24) is 19.6 Å². The zero-order valence-corrected chi connectivity index (χ0v) is 17.0. The van der Waals surface area contributed by atoms with Gasteiger partial charge in [0.25, 0.3) is 5.91 Å². The van der Waals surface area contributed by atoms with Gasteiger partial charge in [0.2, 0.25) is 17.7 Å². The molecule has 0 aliphatic rings. The third-order valence-electron chi connectivity index (χ3n) is 4.52. The number of nitrogens with two attached hydrogens (primary N) is 1. The highest BCUT2D eigenvalue weighted by Crippen LogP contribution is 2.32. The predicted octanol–water partition coefficient (Wildman–Crippen LogP) is 3.35. The molecular formula is C21H14F4N6O3. The number of anilines is 1. The highest BCUT2D eigenvalue weighted by Gasteiger charge is 2.34. The zero-order chi connectivity index (χ0) is 24.5. The van der Waals surface area contributed by atoms with Gasteiger partial charge in [-0.05, 0) is 42.0 Å². The molecule has 0 saturated carbocycles. The molecule has 3 aromatic heterocycles. The molecule has 2 amide bonds. The van der Waals surface area contributed by atoms with E-state index < -0.39 is 35.0 Å². The lowest BCUT2D eigenvalue weighted by Crippen LogP contribution is -2.15. The van der Waals surface area contributed by atoms with Crippen LogP contribution in [0.1, 0.15) is 21.5 Å². The Labute approximate surface area is 188 Å². The molecule has 0 aliphatic carbocycles. The predicted molar refractivity (Wildman–Crippen MR) is 110 cm³/mol. The molecule has 13 heteroatoms. The molecule has 0 saturated heterocycles. The Balaban J connectivity index is 1.47. The van der Waals surface area contributed by atoms with Crippen LogP contribution in [0.15, 0.2) is 54.9 Å². The number of ether oxygens (including phenoxy) is 1. The minimum absolute atomic E-state index is 0.0426. The normalized spacial score (nSPS) is 11.4. The number of nitrogens with one attached hydrogen (secondary N) is 1. The van der Waals surface area contributed by atoms with Crippen LogP contribution in [-0.2, 0) is 17.4 Å². The molecule has 34 heavy (non-hydrogen) atoms. The lowest BCUT2D eigenvalue weighted by atomic mass is 10.1. The number of nitrogens with zero attached hydrogens (tertiary/aromatic N) is 4. The summed E-state index contributed by atoms with van der Waals surface area (Å²) >= 11 is 0. The molecule has 0 radical (unpaired) electrons. The number of amides is 2. The average Bonchev–Trinajstić information content (AvgIpc) is 3.17. The number of hydrogen-bond acceptors (Lipinski definition) is 6. The quantitative estimate of drug-likeness (QED) is 0.413. The first kappa shape index (κ1) is 22.6. The Morgan fingerprint density at radius 3 is 2.65 bits per heavy atom. The number of hydrogen-bond donors (Lipinski definition) is 2. The first-order valence-electron chi connectivity index (χ1n) is 9.55. The summed E-state index contributed by atoms with van der Waals surface area (Å²) in [6, 6.07) is 8.49. The van der Waals surface area contributed by atoms with Crippen LogP contribution in [0.25, 0.3) is 5.65 Å². The number of fused-ring (bicyclic) bond motifs is 1. The van der Waals surface area contributed by atoms with Crippen molar-refractivity contribution in [3.05, 3.63) is 77.4 Å². The van der Waals surface area contributed by atoms with E-state index in [0.29, 0.717) is 0 Å². The monoisotopic (exact) mass is 474 g/mol. The second-order valence-electron chi connectivity index (χ2n) is 6.94. The van der Waals surface area contributed by atoms with Gasteiger partial charge < -0.3 is 10.5 Å². The number of benzene rings is 1. The second kappa shape index (κ2) is 8.77. The molecule has 0 unspecified atom stereocenters. The van der Waals surface area contributed by atoms with E-state index in [4.69, 9.17) is 10.5 Å². The molecule has 0 fully saturated rings. The van der Waals surface area contributed by atoms with Gasteiger partial charge in [-0.2, -0.15) is 18.2 Å². The minimum Gasteiger partial charge on any atom is -0.435 e. The Morgan fingerprint density at radius 2 is 1.94 bits per heavy atom. The van der Waals surface area contributed by atoms with Crippen molar-refractivity contribution in [3.8, 4) is 11.6 Å². The fourth-order valence-corrected chi connectivity index (χ4v) is 3.04. The summed E-state index contributed by atoms with van der Waals surface area (Å²) in [4.78, 5) is 31.3. The van der Waals surface area contributed by atoms with Crippen molar-refractivity contribution in [2.24, 2.45) is 5.73 Å². The Kier molecular flexibility index (Phi) is 5.84. The number of carbonyl (C=O) groups is 2. The van der Waals surface area contributed by atoms with Gasteiger partial charge in [0.15, 0.2) is 17.2 Å². The maximum atomic E-state index is 14.5. The van der Waals surface area contributed by atoms with E-state index in [1.54, 1.807) is 0 Å². The highest BCUT2D eigenvalue weighted by molar-refractivity contribution is 5.95. The molecule has 174 valence electrons. The maximum Gasteiger partial charge on any atom is 0.420 e. The van der Waals surface area contributed by atoms with Crippen LogP contribution in [0.2, 0.25) is 0 Å². The van der Waals surface area contributed by atoms with E-state index in [1.165, 1.54) is 36.7 Å². The van der Waals surface area contributed by atoms with Crippen LogP contribution in [0.3, 0.4) is 0 Å². The molecular weight excluding hydrogens is 460 g/mol. The molecule has 0 atom stereocenters. The number of alkyl halides is 3. The van der Waals surface area contributed by atoms with Crippen LogP contribution in [0, 0.1) is 5.82 Å². The summed E-state index contributed by atoms with van der Waals surface area (Å²) in [7, 11) is 0. The number of rotatable bonds is 6. The van der Waals surface area contributed by atoms with Gasteiger partial charge in [0.1, 0.15) is 11.1 Å². The molecule has 0 bridgehead atoms. The summed E-state index contributed by atoms with van der Waals surface area (Å²) in [5.41, 5.74) is 3.95. The first-order chi connectivity index (χ1) is 16.1. The van der Waals surface area contributed by atoms with E-state index in [1.807, 2.05) is 0 Å². The third-order valence-corrected chi connectivity index (χ3v) is 4.52. The van der Waals surface area contributed by atoms with E-state index in [-0.39, 0.29) is 35.1 Å². The van der Waals surface area contributed by atoms with E-state index in [9.17, 15) is 27.2 Å². The van der Waals surface area contributed by atoms with Crippen LogP contribution in [-0.4, -0.2) is 31.4 Å². The number of primary amides is 1. The van der Waals surface area contributed by atoms with Gasteiger partial charge in [-0.3, -0.25) is 14.9 Å². The Morgan fingerprint density at radius 1 is 1.15 bits per heavy atom. The lowest BCUT2D eigenvalue weighted by molar-refractivity contribution is -0.136. The molecule has 0 spiro atoms. The standard InChI is InChI=1S/C21H14F4N6O3/c22-14-9-11(5-6-15(14)34-19-12(17(26)33)3-1-7-27-19)10-16(32)28-20-29-18-13(21(23,24)25)4-2-8-31(18)30-20/h1-9H,10H2,(H2,26,33)(H,28,30,32). The van der Waals surface area contributed by atoms with Gasteiger partial charge in [0, 0.05) is 12.4 Å². The third kappa shape index (κ3) is 4.77. The highest BCUT2D eigenvalue weighted by atomic mass is 19.4. The van der Waals surface area contributed by atoms with Gasteiger partial charge in [-0.25, -0.2) is 13.9 Å². The second-order valence-corrected chi connectivity index (χ2v) is 6.94. The number of halogens is 4. The molecule has 4 rings (SSSR count). The van der Waals surface area contributed by atoms with Gasteiger partial charge >= 0.3 is 6.18 Å².